The highest BCUT2D eigenvalue weighted by molar-refractivity contribution is 5.69. The van der Waals surface area contributed by atoms with Crippen LogP contribution in [-0.4, -0.2) is 40.7 Å². The quantitative estimate of drug-likeness (QED) is 0.556. The molecule has 0 radical (unpaired) electrons. The Kier molecular flexibility index (Phi) is 5.63. The lowest BCUT2D eigenvalue weighted by Gasteiger charge is -2.23. The van der Waals surface area contributed by atoms with Crippen molar-refractivity contribution in [1.29, 1.82) is 0 Å². The first-order chi connectivity index (χ1) is 9.41. The Hall–Kier alpha value is -1.96. The molecule has 1 heterocycles. The summed E-state index contributed by atoms with van der Waals surface area (Å²) >= 11 is 0. The van der Waals surface area contributed by atoms with Crippen LogP contribution in [-0.2, 0) is 4.74 Å². The van der Waals surface area contributed by atoms with Gasteiger partial charge in [-0.2, -0.15) is 0 Å². The summed E-state index contributed by atoms with van der Waals surface area (Å²) in [4.78, 5) is 18.6. The van der Waals surface area contributed by atoms with Gasteiger partial charge in [-0.1, -0.05) is 6.92 Å². The molecule has 8 heteroatoms. The molecule has 0 unspecified atom stereocenters. The molecule has 0 spiro atoms. The van der Waals surface area contributed by atoms with Crippen LogP contribution in [0.5, 0.6) is 0 Å². The van der Waals surface area contributed by atoms with Gasteiger partial charge >= 0.3 is 5.69 Å². The van der Waals surface area contributed by atoms with Crippen molar-refractivity contribution >= 4 is 17.3 Å². The molecule has 0 aliphatic heterocycles. The highest BCUT2D eigenvalue weighted by Gasteiger charge is 2.24. The molecule has 1 rings (SSSR count). The van der Waals surface area contributed by atoms with Crippen LogP contribution < -0.4 is 10.6 Å². The maximum absolute atomic E-state index is 11.2. The van der Waals surface area contributed by atoms with Crippen LogP contribution in [0.25, 0.3) is 0 Å². The molecule has 0 fully saturated rings. The summed E-state index contributed by atoms with van der Waals surface area (Å²) in [5, 5.41) is 17.1. The van der Waals surface area contributed by atoms with Crippen LogP contribution in [0.2, 0.25) is 0 Å². The lowest BCUT2D eigenvalue weighted by Crippen LogP contribution is -2.32. The third-order valence-corrected chi connectivity index (χ3v) is 2.78. The van der Waals surface area contributed by atoms with E-state index < -0.39 is 10.5 Å². The van der Waals surface area contributed by atoms with Gasteiger partial charge in [-0.15, -0.1) is 0 Å². The van der Waals surface area contributed by atoms with Crippen molar-refractivity contribution in [3.8, 4) is 0 Å². The summed E-state index contributed by atoms with van der Waals surface area (Å²) in [6.07, 6.45) is 2.15. The summed E-state index contributed by atoms with van der Waals surface area (Å²) in [6.45, 7) is 6.74. The SMILES string of the molecule is CCCNc1ncnc(NCC(C)(C)OC)c1[N+](=O)[O-]. The number of hydrogen-bond acceptors (Lipinski definition) is 7. The molecule has 1 aromatic rings. The number of methoxy groups -OCH3 is 1. The molecule has 112 valence electrons. The molecule has 0 atom stereocenters. The molecule has 1 aromatic heterocycles. The number of nitro groups is 1. The standard InChI is InChI=1S/C12H21N5O3/c1-5-6-13-10-9(17(18)19)11(16-8-15-10)14-7-12(2,3)20-4/h8H,5-7H2,1-4H3,(H2,13,14,15,16). The topological polar surface area (TPSA) is 102 Å². The number of anilines is 2. The van der Waals surface area contributed by atoms with E-state index >= 15 is 0 Å². The molecule has 0 saturated heterocycles. The van der Waals surface area contributed by atoms with Gasteiger partial charge < -0.3 is 15.4 Å². The third-order valence-electron chi connectivity index (χ3n) is 2.78. The predicted molar refractivity (Wildman–Crippen MR) is 77.0 cm³/mol. The number of ether oxygens (including phenoxy) is 1. The van der Waals surface area contributed by atoms with Gasteiger partial charge in [-0.05, 0) is 20.3 Å². The van der Waals surface area contributed by atoms with Gasteiger partial charge in [0.1, 0.15) is 6.33 Å². The van der Waals surface area contributed by atoms with Crippen molar-refractivity contribution in [3.05, 3.63) is 16.4 Å². The maximum atomic E-state index is 11.2. The van der Waals surface area contributed by atoms with Crippen LogP contribution >= 0.6 is 0 Å². The Labute approximate surface area is 118 Å². The molecule has 8 nitrogen and oxygen atoms in total. The first-order valence-corrected chi connectivity index (χ1v) is 6.43. The van der Waals surface area contributed by atoms with Crippen molar-refractivity contribution in [1.82, 2.24) is 9.97 Å². The van der Waals surface area contributed by atoms with E-state index in [1.54, 1.807) is 7.11 Å². The summed E-state index contributed by atoms with van der Waals surface area (Å²) < 4.78 is 5.26. The molecule has 20 heavy (non-hydrogen) atoms. The summed E-state index contributed by atoms with van der Waals surface area (Å²) in [6, 6.07) is 0. The summed E-state index contributed by atoms with van der Waals surface area (Å²) in [5.74, 6) is 0.415. The Balaban J connectivity index is 2.97. The van der Waals surface area contributed by atoms with Crippen LogP contribution in [0.3, 0.4) is 0 Å². The second kappa shape index (κ2) is 6.99. The highest BCUT2D eigenvalue weighted by Crippen LogP contribution is 2.29. The third kappa shape index (κ3) is 4.30. The molecule has 0 aliphatic carbocycles. The van der Waals surface area contributed by atoms with E-state index in [1.165, 1.54) is 6.33 Å². The van der Waals surface area contributed by atoms with Crippen LogP contribution in [0, 0.1) is 10.1 Å². The van der Waals surface area contributed by atoms with Crippen molar-refractivity contribution in [2.24, 2.45) is 0 Å². The predicted octanol–water partition coefficient (Wildman–Crippen LogP) is 2.04. The van der Waals surface area contributed by atoms with Gasteiger partial charge in [0, 0.05) is 20.2 Å². The van der Waals surface area contributed by atoms with E-state index in [9.17, 15) is 10.1 Å². The first-order valence-electron chi connectivity index (χ1n) is 6.43. The highest BCUT2D eigenvalue weighted by atomic mass is 16.6. The smallest absolute Gasteiger partial charge is 0.353 e. The Morgan fingerprint density at radius 2 is 1.95 bits per heavy atom. The van der Waals surface area contributed by atoms with Crippen molar-refractivity contribution in [2.75, 3.05) is 30.8 Å². The molecule has 0 aromatic carbocycles. The van der Waals surface area contributed by atoms with E-state index in [-0.39, 0.29) is 17.3 Å². The minimum absolute atomic E-state index is 0.146. The van der Waals surface area contributed by atoms with Crippen LogP contribution in [0.4, 0.5) is 17.3 Å². The van der Waals surface area contributed by atoms with Crippen LogP contribution in [0.1, 0.15) is 27.2 Å². The monoisotopic (exact) mass is 283 g/mol. The summed E-state index contributed by atoms with van der Waals surface area (Å²) in [7, 11) is 1.59. The van der Waals surface area contributed by atoms with Gasteiger partial charge in [0.15, 0.2) is 0 Å². The Morgan fingerprint density at radius 3 is 2.45 bits per heavy atom. The van der Waals surface area contributed by atoms with E-state index in [1.807, 2.05) is 20.8 Å². The lowest BCUT2D eigenvalue weighted by molar-refractivity contribution is -0.383. The fraction of sp³-hybridized carbons (Fsp3) is 0.667. The average molecular weight is 283 g/mol. The minimum Gasteiger partial charge on any atom is -0.377 e. The van der Waals surface area contributed by atoms with E-state index in [4.69, 9.17) is 4.74 Å². The lowest BCUT2D eigenvalue weighted by atomic mass is 10.1. The number of hydrogen-bond donors (Lipinski definition) is 2. The number of rotatable bonds is 8. The fourth-order valence-corrected chi connectivity index (χ4v) is 1.42. The average Bonchev–Trinajstić information content (AvgIpc) is 2.42. The number of nitrogens with one attached hydrogen (secondary N) is 2. The summed E-state index contributed by atoms with van der Waals surface area (Å²) in [5.41, 5.74) is -0.594. The Morgan fingerprint density at radius 1 is 1.35 bits per heavy atom. The van der Waals surface area contributed by atoms with Gasteiger partial charge in [0.2, 0.25) is 11.6 Å². The van der Waals surface area contributed by atoms with E-state index in [0.717, 1.165) is 6.42 Å². The van der Waals surface area contributed by atoms with Gasteiger partial charge in [-0.3, -0.25) is 10.1 Å². The Bertz CT molecular complexity index is 464. The van der Waals surface area contributed by atoms with E-state index in [2.05, 4.69) is 20.6 Å². The minimum atomic E-state index is -0.486. The largest absolute Gasteiger partial charge is 0.377 e. The van der Waals surface area contributed by atoms with Gasteiger partial charge in [-0.25, -0.2) is 9.97 Å². The molecule has 2 N–H and O–H groups in total. The zero-order chi connectivity index (χ0) is 15.2. The molecule has 0 saturated carbocycles. The number of nitrogens with zero attached hydrogens (tertiary/aromatic N) is 3. The molecular formula is C12H21N5O3. The zero-order valence-electron chi connectivity index (χ0n) is 12.3. The second-order valence-corrected chi connectivity index (χ2v) is 4.92. The van der Waals surface area contributed by atoms with Crippen LogP contribution in [0.15, 0.2) is 6.33 Å². The fourth-order valence-electron chi connectivity index (χ4n) is 1.42. The van der Waals surface area contributed by atoms with E-state index in [0.29, 0.717) is 13.1 Å². The maximum Gasteiger partial charge on any atom is 0.353 e. The molecule has 0 aliphatic rings. The molecule has 0 amide bonds. The normalized spacial score (nSPS) is 11.2. The van der Waals surface area contributed by atoms with Gasteiger partial charge in [0.25, 0.3) is 0 Å². The molecular weight excluding hydrogens is 262 g/mol. The van der Waals surface area contributed by atoms with Crippen molar-refractivity contribution < 1.29 is 9.66 Å². The second-order valence-electron chi connectivity index (χ2n) is 4.92. The first kappa shape index (κ1) is 16.1. The van der Waals surface area contributed by atoms with Crippen molar-refractivity contribution in [2.45, 2.75) is 32.8 Å². The van der Waals surface area contributed by atoms with Crippen molar-refractivity contribution in [3.63, 3.8) is 0 Å². The number of aromatic nitrogens is 2. The van der Waals surface area contributed by atoms with Gasteiger partial charge in [0.05, 0.1) is 10.5 Å². The zero-order valence-corrected chi connectivity index (χ0v) is 12.3. The molecule has 0 bridgehead atoms.